The summed E-state index contributed by atoms with van der Waals surface area (Å²) < 4.78 is 11.7. The van der Waals surface area contributed by atoms with E-state index in [0.717, 1.165) is 54.0 Å². The molecule has 0 aromatic heterocycles. The van der Waals surface area contributed by atoms with Gasteiger partial charge >= 0.3 is 0 Å². The molecule has 5 rings (SSSR count). The maximum absolute atomic E-state index is 14.0. The Labute approximate surface area is 272 Å². The fourth-order valence-corrected chi connectivity index (χ4v) is 7.39. The number of anilines is 1. The van der Waals surface area contributed by atoms with Crippen molar-refractivity contribution in [3.8, 4) is 11.5 Å². The predicted octanol–water partition coefficient (Wildman–Crippen LogP) is 8.08. The first-order valence-corrected chi connectivity index (χ1v) is 16.2. The van der Waals surface area contributed by atoms with E-state index < -0.39 is 5.92 Å². The summed E-state index contributed by atoms with van der Waals surface area (Å²) in [6, 6.07) is 9.42. The second-order valence-electron chi connectivity index (χ2n) is 14.4. The first-order valence-electron chi connectivity index (χ1n) is 15.8. The lowest BCUT2D eigenvalue weighted by Crippen LogP contribution is -2.44. The molecule has 2 aliphatic carbocycles. The Balaban J connectivity index is 1.55. The van der Waals surface area contributed by atoms with Gasteiger partial charge in [0.25, 0.3) is 5.91 Å². The van der Waals surface area contributed by atoms with Crippen LogP contribution in [0.4, 0.5) is 5.69 Å². The second-order valence-corrected chi connectivity index (χ2v) is 14.8. The lowest BCUT2D eigenvalue weighted by atomic mass is 9.63. The average molecular weight is 633 g/mol. The number of hydrogen-bond donors (Lipinski definition) is 1. The minimum atomic E-state index is -0.552. The molecule has 0 unspecified atom stereocenters. The number of halogens is 1. The summed E-state index contributed by atoms with van der Waals surface area (Å²) >= 11 is 6.87. The molecule has 0 saturated heterocycles. The van der Waals surface area contributed by atoms with E-state index in [2.05, 4.69) is 44.8 Å². The number of methoxy groups -OCH3 is 1. The Morgan fingerprint density at radius 3 is 2.11 bits per heavy atom. The van der Waals surface area contributed by atoms with Crippen LogP contribution in [0.5, 0.6) is 11.5 Å². The van der Waals surface area contributed by atoms with Crippen molar-refractivity contribution in [2.24, 2.45) is 10.8 Å². The Kier molecular flexibility index (Phi) is 8.98. The summed E-state index contributed by atoms with van der Waals surface area (Å²) in [7, 11) is 1.51. The molecule has 1 N–H and O–H groups in total. The molecule has 8 heteroatoms. The largest absolute Gasteiger partial charge is 0.493 e. The topological polar surface area (TPSA) is 84.9 Å². The van der Waals surface area contributed by atoms with Gasteiger partial charge in [-0.15, -0.1) is 0 Å². The van der Waals surface area contributed by atoms with Crippen molar-refractivity contribution < 1.29 is 23.9 Å². The Bertz CT molecular complexity index is 1580. The molecule has 0 atom stereocenters. The molecule has 45 heavy (non-hydrogen) atoms. The van der Waals surface area contributed by atoms with Crippen molar-refractivity contribution in [2.45, 2.75) is 86.5 Å². The minimum absolute atomic E-state index is 0.0649. The molecule has 2 aromatic rings. The van der Waals surface area contributed by atoms with Crippen LogP contribution in [0.1, 0.15) is 89.3 Å². The number of Topliss-reactive ketones (excluding diaryl/α,β-unsaturated/α-hetero) is 2. The summed E-state index contributed by atoms with van der Waals surface area (Å²) in [5, 5.41) is 3.15. The molecule has 3 aliphatic rings. The maximum atomic E-state index is 14.0. The highest BCUT2D eigenvalue weighted by molar-refractivity contribution is 6.32. The summed E-state index contributed by atoms with van der Waals surface area (Å²) in [5.74, 6) is -0.180. The van der Waals surface area contributed by atoms with Crippen LogP contribution in [0.3, 0.4) is 0 Å². The zero-order chi connectivity index (χ0) is 32.8. The predicted molar refractivity (Wildman–Crippen MR) is 178 cm³/mol. The number of aryl methyl sites for hydroxylation is 2. The number of nitrogens with zero attached hydrogens (tertiary/aromatic N) is 1. The normalized spacial score (nSPS) is 19.4. The molecule has 1 heterocycles. The zero-order valence-electron chi connectivity index (χ0n) is 27.8. The first kappa shape index (κ1) is 32.8. The molecule has 1 aliphatic heterocycles. The molecule has 0 radical (unpaired) electrons. The van der Waals surface area contributed by atoms with Crippen LogP contribution < -0.4 is 14.8 Å². The van der Waals surface area contributed by atoms with Gasteiger partial charge in [0.15, 0.2) is 29.7 Å². The molecular formula is C37H45ClN2O5. The third kappa shape index (κ3) is 6.55. The number of hydrogen-bond acceptors (Lipinski definition) is 6. The SMILES string of the molecule is CCCN1C2=C(C(=O)CC(C)(C)C2)C(c2cc(Cl)c(OCC(=O)Nc3cc(C)ccc3C)c(OC)c2)C2=C1CC(C)(C)CC2=O. The molecule has 0 fully saturated rings. The van der Waals surface area contributed by atoms with Gasteiger partial charge in [-0.3, -0.25) is 14.4 Å². The fourth-order valence-electron chi connectivity index (χ4n) is 7.12. The quantitative estimate of drug-likeness (QED) is 0.317. The van der Waals surface area contributed by atoms with E-state index in [1.165, 1.54) is 7.11 Å². The van der Waals surface area contributed by atoms with E-state index in [0.29, 0.717) is 35.3 Å². The van der Waals surface area contributed by atoms with Crippen LogP contribution in [0.15, 0.2) is 52.9 Å². The van der Waals surface area contributed by atoms with Crippen LogP contribution in [0, 0.1) is 24.7 Å². The monoisotopic (exact) mass is 632 g/mol. The van der Waals surface area contributed by atoms with Crippen LogP contribution in [-0.4, -0.2) is 42.6 Å². The molecule has 1 amide bonds. The first-order chi connectivity index (χ1) is 21.1. The highest BCUT2D eigenvalue weighted by atomic mass is 35.5. The van der Waals surface area contributed by atoms with E-state index in [4.69, 9.17) is 21.1 Å². The van der Waals surface area contributed by atoms with Gasteiger partial charge in [0.2, 0.25) is 0 Å². The molecule has 0 saturated carbocycles. The van der Waals surface area contributed by atoms with Crippen molar-refractivity contribution in [1.82, 2.24) is 4.90 Å². The number of ketones is 2. The van der Waals surface area contributed by atoms with Crippen LogP contribution >= 0.6 is 11.6 Å². The standard InChI is InChI=1S/C37H45ClN2O5/c1-9-12-40-26-16-36(4,5)18-28(41)33(26)32(34-27(40)17-37(6,7)19-29(34)42)23-14-24(38)35(30(15-23)44-8)45-20-31(43)39-25-13-21(2)10-11-22(25)3/h10-11,13-15,32H,9,12,16-20H2,1-8H3,(H,39,43). The van der Waals surface area contributed by atoms with Crippen molar-refractivity contribution in [2.75, 3.05) is 25.6 Å². The van der Waals surface area contributed by atoms with Gasteiger partial charge < -0.3 is 19.7 Å². The van der Waals surface area contributed by atoms with Gasteiger partial charge in [-0.05, 0) is 78.8 Å². The van der Waals surface area contributed by atoms with Gasteiger partial charge in [-0.25, -0.2) is 0 Å². The summed E-state index contributed by atoms with van der Waals surface area (Å²) in [5.41, 5.74) is 6.45. The zero-order valence-corrected chi connectivity index (χ0v) is 28.5. The fraction of sp³-hybridized carbons (Fsp3) is 0.486. The third-order valence-electron chi connectivity index (χ3n) is 9.07. The molecule has 2 aromatic carbocycles. The lowest BCUT2D eigenvalue weighted by Gasteiger charge is -2.49. The van der Waals surface area contributed by atoms with Crippen LogP contribution in [-0.2, 0) is 14.4 Å². The summed E-state index contributed by atoms with van der Waals surface area (Å²) in [4.78, 5) is 43.1. The van der Waals surface area contributed by atoms with Crippen molar-refractivity contribution in [1.29, 1.82) is 0 Å². The Morgan fingerprint density at radius 2 is 1.56 bits per heavy atom. The second kappa shape index (κ2) is 12.3. The number of benzene rings is 2. The lowest BCUT2D eigenvalue weighted by molar-refractivity contribution is -0.120. The number of allylic oxidation sites excluding steroid dienone is 4. The van der Waals surface area contributed by atoms with Gasteiger partial charge in [0.05, 0.1) is 12.1 Å². The number of rotatable bonds is 8. The van der Waals surface area contributed by atoms with E-state index in [9.17, 15) is 14.4 Å². The van der Waals surface area contributed by atoms with Gasteiger partial charge in [0, 0.05) is 53.5 Å². The minimum Gasteiger partial charge on any atom is -0.493 e. The Hall–Kier alpha value is -3.58. The summed E-state index contributed by atoms with van der Waals surface area (Å²) in [6.07, 6.45) is 3.21. The average Bonchev–Trinajstić information content (AvgIpc) is 2.93. The van der Waals surface area contributed by atoms with Gasteiger partial charge in [-0.1, -0.05) is 58.4 Å². The maximum Gasteiger partial charge on any atom is 0.262 e. The number of carbonyl (C=O) groups excluding carboxylic acids is 3. The van der Waals surface area contributed by atoms with Crippen LogP contribution in [0.2, 0.25) is 5.02 Å². The van der Waals surface area contributed by atoms with E-state index in [-0.39, 0.29) is 45.7 Å². The van der Waals surface area contributed by atoms with Gasteiger partial charge in [-0.2, -0.15) is 0 Å². The summed E-state index contributed by atoms with van der Waals surface area (Å²) in [6.45, 7) is 15.0. The molecule has 0 spiro atoms. The van der Waals surface area contributed by atoms with Gasteiger partial charge in [0.1, 0.15) is 0 Å². The van der Waals surface area contributed by atoms with Crippen molar-refractivity contribution >= 4 is 34.8 Å². The Morgan fingerprint density at radius 1 is 0.956 bits per heavy atom. The highest BCUT2D eigenvalue weighted by Crippen LogP contribution is 2.55. The molecule has 7 nitrogen and oxygen atoms in total. The van der Waals surface area contributed by atoms with E-state index >= 15 is 0 Å². The van der Waals surface area contributed by atoms with E-state index in [1.807, 2.05) is 32.0 Å². The third-order valence-corrected chi connectivity index (χ3v) is 9.35. The van der Waals surface area contributed by atoms with Crippen molar-refractivity contribution in [3.05, 3.63) is 74.6 Å². The number of nitrogens with one attached hydrogen (secondary N) is 1. The smallest absolute Gasteiger partial charge is 0.262 e. The van der Waals surface area contributed by atoms with Crippen LogP contribution in [0.25, 0.3) is 0 Å². The highest BCUT2D eigenvalue weighted by Gasteiger charge is 2.49. The molecule has 0 bridgehead atoms. The van der Waals surface area contributed by atoms with Crippen molar-refractivity contribution in [3.63, 3.8) is 0 Å². The number of ether oxygens (including phenoxy) is 2. The van der Waals surface area contributed by atoms with E-state index in [1.54, 1.807) is 12.1 Å². The number of amides is 1. The molecular weight excluding hydrogens is 588 g/mol. The number of carbonyl (C=O) groups is 3. The molecule has 240 valence electrons.